The number of rotatable bonds is 37. The Morgan fingerprint density at radius 1 is 0.532 bits per heavy atom. The third-order valence-corrected chi connectivity index (χ3v) is 9.52. The van der Waals surface area contributed by atoms with E-state index in [2.05, 4.69) is 43.5 Å². The molecule has 5 heteroatoms. The van der Waals surface area contributed by atoms with E-state index in [9.17, 15) is 20.1 Å². The highest BCUT2D eigenvalue weighted by molar-refractivity contribution is 5.76. The van der Waals surface area contributed by atoms with Crippen LogP contribution in [0, 0.1) is 0 Å². The third kappa shape index (κ3) is 34.5. The molecular weight excluding hydrogens is 582 g/mol. The monoisotopic (exact) mass is 664 g/mol. The van der Waals surface area contributed by atoms with E-state index >= 15 is 0 Å². The van der Waals surface area contributed by atoms with E-state index in [1.54, 1.807) is 0 Å². The zero-order valence-electron chi connectivity index (χ0n) is 31.4. The Bertz CT molecular complexity index is 694. The first-order chi connectivity index (χ1) is 23.0. The summed E-state index contributed by atoms with van der Waals surface area (Å²) in [7, 11) is 0. The minimum Gasteiger partial charge on any atom is -0.394 e. The molecule has 0 aromatic carbocycles. The van der Waals surface area contributed by atoms with Crippen molar-refractivity contribution in [1.82, 2.24) is 5.32 Å². The van der Waals surface area contributed by atoms with Crippen LogP contribution in [-0.4, -0.2) is 46.1 Å². The van der Waals surface area contributed by atoms with Crippen molar-refractivity contribution in [3.05, 3.63) is 24.3 Å². The molecule has 0 aromatic rings. The predicted octanol–water partition coefficient (Wildman–Crippen LogP) is 11.4. The van der Waals surface area contributed by atoms with Gasteiger partial charge in [0.25, 0.3) is 0 Å². The molecule has 47 heavy (non-hydrogen) atoms. The van der Waals surface area contributed by atoms with Crippen LogP contribution in [0.3, 0.4) is 0 Å². The van der Waals surface area contributed by atoms with Crippen molar-refractivity contribution in [3.63, 3.8) is 0 Å². The summed E-state index contributed by atoms with van der Waals surface area (Å²) in [6, 6.07) is -0.661. The maximum Gasteiger partial charge on any atom is 0.222 e. The zero-order chi connectivity index (χ0) is 34.5. The number of unbranched alkanes of at least 4 members (excludes halogenated alkanes) is 24. The van der Waals surface area contributed by atoms with Gasteiger partial charge in [-0.1, -0.05) is 186 Å². The first-order valence-corrected chi connectivity index (χ1v) is 20.6. The number of carbonyl (C=O) groups excluding carboxylic acids is 1. The Hall–Kier alpha value is -1.17. The van der Waals surface area contributed by atoms with Crippen molar-refractivity contribution >= 4 is 5.91 Å². The average molecular weight is 664 g/mol. The summed E-state index contributed by atoms with van der Waals surface area (Å²) in [5.74, 6) is -0.291. The highest BCUT2D eigenvalue weighted by Crippen LogP contribution is 2.16. The minimum atomic E-state index is -0.751. The van der Waals surface area contributed by atoms with Gasteiger partial charge < -0.3 is 20.6 Å². The summed E-state index contributed by atoms with van der Waals surface area (Å²) in [5, 5.41) is 33.3. The maximum absolute atomic E-state index is 12.4. The SMILES string of the molecule is CCCCC/C=C\C/C=C\CCCCCCCC(O)CC(=O)NC(CO)C(O)CCCCCCCCCCCCCCCCCCC. The Kier molecular flexibility index (Phi) is 36.7. The van der Waals surface area contributed by atoms with Crippen LogP contribution in [0.4, 0.5) is 0 Å². The Morgan fingerprint density at radius 2 is 0.915 bits per heavy atom. The van der Waals surface area contributed by atoms with Gasteiger partial charge in [0.2, 0.25) is 5.91 Å². The molecule has 0 saturated heterocycles. The van der Waals surface area contributed by atoms with E-state index < -0.39 is 18.2 Å². The highest BCUT2D eigenvalue weighted by Gasteiger charge is 2.21. The normalized spacial score (nSPS) is 13.9. The summed E-state index contributed by atoms with van der Waals surface area (Å²) >= 11 is 0. The molecule has 0 aromatic heterocycles. The lowest BCUT2D eigenvalue weighted by molar-refractivity contribution is -0.125. The fourth-order valence-electron chi connectivity index (χ4n) is 6.32. The molecule has 5 nitrogen and oxygen atoms in total. The van der Waals surface area contributed by atoms with Gasteiger partial charge >= 0.3 is 0 Å². The highest BCUT2D eigenvalue weighted by atomic mass is 16.3. The second kappa shape index (κ2) is 37.6. The maximum atomic E-state index is 12.4. The number of carbonyl (C=O) groups is 1. The van der Waals surface area contributed by atoms with Crippen LogP contribution in [0.15, 0.2) is 24.3 Å². The Balaban J connectivity index is 3.66. The summed E-state index contributed by atoms with van der Waals surface area (Å²) < 4.78 is 0. The largest absolute Gasteiger partial charge is 0.394 e. The molecule has 0 aliphatic rings. The van der Waals surface area contributed by atoms with Crippen LogP contribution >= 0.6 is 0 Å². The van der Waals surface area contributed by atoms with Crippen molar-refractivity contribution in [3.8, 4) is 0 Å². The third-order valence-electron chi connectivity index (χ3n) is 9.52. The van der Waals surface area contributed by atoms with Gasteiger partial charge in [-0.2, -0.15) is 0 Å². The molecule has 0 heterocycles. The minimum absolute atomic E-state index is 0.0280. The molecule has 278 valence electrons. The number of allylic oxidation sites excluding steroid dienone is 4. The molecule has 0 aliphatic carbocycles. The van der Waals surface area contributed by atoms with Gasteiger partial charge in [0.05, 0.1) is 31.3 Å². The quantitative estimate of drug-likeness (QED) is 0.0393. The first-order valence-electron chi connectivity index (χ1n) is 20.6. The van der Waals surface area contributed by atoms with Gasteiger partial charge in [0, 0.05) is 0 Å². The Labute approximate surface area is 292 Å². The molecule has 3 atom stereocenters. The number of nitrogens with one attached hydrogen (secondary N) is 1. The van der Waals surface area contributed by atoms with Crippen LogP contribution in [0.5, 0.6) is 0 Å². The number of hydrogen-bond acceptors (Lipinski definition) is 4. The van der Waals surface area contributed by atoms with Gasteiger partial charge in [-0.05, 0) is 44.9 Å². The van der Waals surface area contributed by atoms with Gasteiger partial charge in [-0.3, -0.25) is 4.79 Å². The fraction of sp³-hybridized carbons (Fsp3) is 0.881. The smallest absolute Gasteiger partial charge is 0.222 e. The van der Waals surface area contributed by atoms with Crippen molar-refractivity contribution in [1.29, 1.82) is 0 Å². The van der Waals surface area contributed by atoms with Gasteiger partial charge in [-0.15, -0.1) is 0 Å². The Morgan fingerprint density at radius 3 is 1.38 bits per heavy atom. The second-order valence-electron chi connectivity index (χ2n) is 14.2. The molecule has 0 aliphatic heterocycles. The molecule has 0 bridgehead atoms. The summed E-state index contributed by atoms with van der Waals surface area (Å²) in [5.41, 5.74) is 0. The number of aliphatic hydroxyl groups excluding tert-OH is 3. The van der Waals surface area contributed by atoms with E-state index in [-0.39, 0.29) is 18.9 Å². The lowest BCUT2D eigenvalue weighted by Gasteiger charge is -2.23. The molecule has 0 saturated carbocycles. The predicted molar refractivity (Wildman–Crippen MR) is 204 cm³/mol. The van der Waals surface area contributed by atoms with Crippen LogP contribution in [0.2, 0.25) is 0 Å². The van der Waals surface area contributed by atoms with Gasteiger partial charge in [0.1, 0.15) is 0 Å². The van der Waals surface area contributed by atoms with Gasteiger partial charge in [0.15, 0.2) is 0 Å². The van der Waals surface area contributed by atoms with E-state index in [0.717, 1.165) is 44.9 Å². The molecule has 0 radical (unpaired) electrons. The molecular formula is C42H81NO4. The molecule has 3 unspecified atom stereocenters. The molecule has 1 amide bonds. The zero-order valence-corrected chi connectivity index (χ0v) is 31.4. The molecule has 4 N–H and O–H groups in total. The van der Waals surface area contributed by atoms with E-state index in [0.29, 0.717) is 12.8 Å². The van der Waals surface area contributed by atoms with Crippen molar-refractivity contribution < 1.29 is 20.1 Å². The number of aliphatic hydroxyl groups is 3. The summed E-state index contributed by atoms with van der Waals surface area (Å²) in [4.78, 5) is 12.4. The molecule has 0 rings (SSSR count). The first kappa shape index (κ1) is 45.8. The second-order valence-corrected chi connectivity index (χ2v) is 14.2. The average Bonchev–Trinajstić information content (AvgIpc) is 3.06. The van der Waals surface area contributed by atoms with Crippen molar-refractivity contribution in [2.75, 3.05) is 6.61 Å². The fourth-order valence-corrected chi connectivity index (χ4v) is 6.32. The standard InChI is InChI=1S/C42H81NO4/c1-3-5-7-9-11-13-15-17-19-20-22-24-26-28-30-32-34-36-41(46)40(38-44)43-42(47)37-39(45)35-33-31-29-27-25-23-21-18-16-14-12-10-8-6-4-2/h12,14,18,21,39-41,44-46H,3-11,13,15-17,19-20,22-38H2,1-2H3,(H,43,47)/b14-12-,21-18-. The summed E-state index contributed by atoms with van der Waals surface area (Å²) in [6.07, 6.45) is 44.2. The molecule has 0 spiro atoms. The lowest BCUT2D eigenvalue weighted by atomic mass is 10.0. The van der Waals surface area contributed by atoms with Crippen LogP contribution in [-0.2, 0) is 4.79 Å². The van der Waals surface area contributed by atoms with Crippen LogP contribution in [0.25, 0.3) is 0 Å². The molecule has 0 fully saturated rings. The van der Waals surface area contributed by atoms with Gasteiger partial charge in [-0.25, -0.2) is 0 Å². The summed E-state index contributed by atoms with van der Waals surface area (Å²) in [6.45, 7) is 4.23. The van der Waals surface area contributed by atoms with Crippen LogP contribution < -0.4 is 5.32 Å². The number of hydrogen-bond donors (Lipinski definition) is 4. The van der Waals surface area contributed by atoms with E-state index in [1.807, 2.05) is 0 Å². The van der Waals surface area contributed by atoms with Crippen molar-refractivity contribution in [2.45, 2.75) is 231 Å². The van der Waals surface area contributed by atoms with E-state index in [1.165, 1.54) is 135 Å². The topological polar surface area (TPSA) is 89.8 Å². The number of amides is 1. The van der Waals surface area contributed by atoms with Crippen molar-refractivity contribution in [2.24, 2.45) is 0 Å². The lowest BCUT2D eigenvalue weighted by Crippen LogP contribution is -2.46. The van der Waals surface area contributed by atoms with E-state index in [4.69, 9.17) is 0 Å². The van der Waals surface area contributed by atoms with Crippen LogP contribution in [0.1, 0.15) is 213 Å².